The smallest absolute Gasteiger partial charge is 0.239 e. The molecule has 4 aromatic rings. The lowest BCUT2D eigenvalue weighted by Crippen LogP contribution is -2.41. The molecule has 0 fully saturated rings. The van der Waals surface area contributed by atoms with Crippen molar-refractivity contribution in [2.75, 3.05) is 23.9 Å². The van der Waals surface area contributed by atoms with Gasteiger partial charge in [-0.05, 0) is 59.9 Å². The van der Waals surface area contributed by atoms with E-state index in [0.29, 0.717) is 45.9 Å². The van der Waals surface area contributed by atoms with Crippen LogP contribution >= 0.6 is 23.2 Å². The van der Waals surface area contributed by atoms with Crippen molar-refractivity contribution in [3.63, 3.8) is 0 Å². The largest absolute Gasteiger partial charge is 0.368 e. The van der Waals surface area contributed by atoms with Crippen LogP contribution in [-0.4, -0.2) is 45.6 Å². The van der Waals surface area contributed by atoms with Gasteiger partial charge in [-0.2, -0.15) is 0 Å². The molecule has 2 aliphatic heterocycles. The van der Waals surface area contributed by atoms with Crippen LogP contribution in [-0.2, 0) is 27.0 Å². The van der Waals surface area contributed by atoms with Crippen LogP contribution in [0, 0.1) is 0 Å². The number of ketones is 1. The highest BCUT2D eigenvalue weighted by atomic mass is 35.5. The molecule has 236 valence electrons. The summed E-state index contributed by atoms with van der Waals surface area (Å²) < 4.78 is 29.9. The Bertz CT molecular complexity index is 1960. The highest BCUT2D eigenvalue weighted by Crippen LogP contribution is 2.48. The summed E-state index contributed by atoms with van der Waals surface area (Å²) in [5.74, 6) is 0.0628. The van der Waals surface area contributed by atoms with Crippen LogP contribution in [0.25, 0.3) is 11.1 Å². The molecule has 2 heterocycles. The maximum absolute atomic E-state index is 14.3. The van der Waals surface area contributed by atoms with Crippen LogP contribution in [0.15, 0.2) is 89.9 Å². The van der Waals surface area contributed by atoms with Gasteiger partial charge < -0.3 is 10.6 Å². The minimum atomic E-state index is -4.07. The molecule has 0 spiro atoms. The van der Waals surface area contributed by atoms with E-state index in [2.05, 4.69) is 15.6 Å². The number of carbonyl (C=O) groups excluding carboxylic acids is 2. The van der Waals surface area contributed by atoms with Crippen LogP contribution in [0.4, 0.5) is 5.69 Å². The molecule has 2 aliphatic rings. The quantitative estimate of drug-likeness (QED) is 0.191. The lowest BCUT2D eigenvalue weighted by molar-refractivity contribution is -0.121. The number of nitrogens with zero attached hydrogens (tertiary/aromatic N) is 2. The fourth-order valence-corrected chi connectivity index (χ4v) is 8.05. The van der Waals surface area contributed by atoms with Crippen molar-refractivity contribution in [3.05, 3.63) is 123 Å². The predicted octanol–water partition coefficient (Wildman–Crippen LogP) is 6.35. The first-order valence-electron chi connectivity index (χ1n) is 15.0. The van der Waals surface area contributed by atoms with Crippen LogP contribution in [0.3, 0.4) is 0 Å². The molecule has 0 bridgehead atoms. The third kappa shape index (κ3) is 6.67. The monoisotopic (exact) mass is 674 g/mol. The number of hydrogen-bond acceptors (Lipinski definition) is 6. The molecule has 1 atom stereocenters. The molecule has 8 nitrogen and oxygen atoms in total. The molecule has 0 saturated carbocycles. The highest BCUT2D eigenvalue weighted by molar-refractivity contribution is 7.92. The number of amides is 1. The van der Waals surface area contributed by atoms with Gasteiger partial charge in [0.1, 0.15) is 5.84 Å². The summed E-state index contributed by atoms with van der Waals surface area (Å²) in [6, 6.07) is 24.3. The predicted molar refractivity (Wildman–Crippen MR) is 183 cm³/mol. The second-order valence-electron chi connectivity index (χ2n) is 11.3. The summed E-state index contributed by atoms with van der Waals surface area (Å²) in [5.41, 5.74) is 5.51. The van der Waals surface area contributed by atoms with Gasteiger partial charge in [-0.25, -0.2) is 8.42 Å². The molecule has 0 saturated heterocycles. The number of rotatable bonds is 10. The first-order chi connectivity index (χ1) is 22.1. The van der Waals surface area contributed by atoms with Crippen molar-refractivity contribution in [1.29, 1.82) is 0 Å². The second-order valence-corrected chi connectivity index (χ2v) is 14.0. The van der Waals surface area contributed by atoms with E-state index in [-0.39, 0.29) is 28.9 Å². The van der Waals surface area contributed by atoms with Gasteiger partial charge in [0.25, 0.3) is 0 Å². The van der Waals surface area contributed by atoms with Crippen molar-refractivity contribution in [1.82, 2.24) is 10.6 Å². The van der Waals surface area contributed by atoms with Crippen LogP contribution in [0.5, 0.6) is 0 Å². The topological polar surface area (TPSA) is 108 Å². The van der Waals surface area contributed by atoms with E-state index in [4.69, 9.17) is 23.2 Å². The van der Waals surface area contributed by atoms with E-state index in [1.165, 1.54) is 17.3 Å². The normalized spacial score (nSPS) is 15.4. The van der Waals surface area contributed by atoms with E-state index in [1.54, 1.807) is 36.4 Å². The molecule has 2 N–H and O–H groups in total. The van der Waals surface area contributed by atoms with Crippen molar-refractivity contribution < 1.29 is 18.0 Å². The number of benzene rings is 4. The summed E-state index contributed by atoms with van der Waals surface area (Å²) in [6.45, 7) is 3.44. The SMILES string of the molecule is CC(=O)c1ccc2c(c1)C(CC(=O)NCCc1ccc(C3=NCCN3)cc1)N(S(=O)(=O)Cc1ccc(Cl)c(Cl)c1)c1ccccc1-2. The van der Waals surface area contributed by atoms with Crippen LogP contribution < -0.4 is 14.9 Å². The zero-order valence-electron chi connectivity index (χ0n) is 25.1. The number of amidine groups is 1. The van der Waals surface area contributed by atoms with E-state index in [0.717, 1.165) is 35.6 Å². The molecule has 0 aliphatic carbocycles. The van der Waals surface area contributed by atoms with E-state index < -0.39 is 16.1 Å². The number of carbonyl (C=O) groups is 2. The van der Waals surface area contributed by atoms with Crippen molar-refractivity contribution in [2.24, 2.45) is 4.99 Å². The number of fused-ring (bicyclic) bond motifs is 3. The molecular formula is C35H32Cl2N4O4S. The lowest BCUT2D eigenvalue weighted by atomic mass is 9.86. The first-order valence-corrected chi connectivity index (χ1v) is 17.3. The van der Waals surface area contributed by atoms with E-state index in [9.17, 15) is 18.0 Å². The zero-order chi connectivity index (χ0) is 32.4. The highest BCUT2D eigenvalue weighted by Gasteiger charge is 2.39. The summed E-state index contributed by atoms with van der Waals surface area (Å²) in [4.78, 5) is 30.4. The number of halogens is 2. The van der Waals surface area contributed by atoms with Gasteiger partial charge in [0.15, 0.2) is 5.78 Å². The minimum Gasteiger partial charge on any atom is -0.368 e. The molecular weight excluding hydrogens is 643 g/mol. The first kappa shape index (κ1) is 31.8. The summed E-state index contributed by atoms with van der Waals surface area (Å²) in [6.07, 6.45) is 0.456. The standard InChI is InChI=1S/C35H32Cl2N4O4S/c1-22(42)26-11-12-27-28-4-2-3-5-32(28)41(46(44,45)21-24-8-13-30(36)31(37)18-24)33(29(27)19-26)20-34(43)38-15-14-23-6-9-25(10-7-23)35-39-16-17-40-35/h2-13,18-19,33H,14-17,20-21H2,1H3,(H,38,43)(H,39,40). The number of anilines is 1. The Morgan fingerprint density at radius 2 is 1.70 bits per heavy atom. The van der Waals surface area contributed by atoms with Crippen molar-refractivity contribution in [3.8, 4) is 11.1 Å². The Kier molecular flexibility index (Phi) is 9.18. The molecule has 6 rings (SSSR count). The molecule has 46 heavy (non-hydrogen) atoms. The van der Waals surface area contributed by atoms with Crippen LogP contribution in [0.2, 0.25) is 10.0 Å². The number of hydrogen-bond donors (Lipinski definition) is 2. The average Bonchev–Trinajstić information content (AvgIpc) is 3.58. The van der Waals surface area contributed by atoms with E-state index in [1.807, 2.05) is 42.5 Å². The third-order valence-corrected chi connectivity index (χ3v) is 10.7. The Morgan fingerprint density at radius 1 is 0.935 bits per heavy atom. The van der Waals surface area contributed by atoms with Crippen molar-refractivity contribution >= 4 is 56.4 Å². The van der Waals surface area contributed by atoms with Gasteiger partial charge in [-0.15, -0.1) is 0 Å². The number of Topliss-reactive ketones (excluding diaryl/α,β-unsaturated/α-hetero) is 1. The molecule has 4 aromatic carbocycles. The second kappa shape index (κ2) is 13.3. The maximum atomic E-state index is 14.3. The molecule has 1 unspecified atom stereocenters. The lowest BCUT2D eigenvalue weighted by Gasteiger charge is -2.39. The molecule has 11 heteroatoms. The zero-order valence-corrected chi connectivity index (χ0v) is 27.4. The Hall–Kier alpha value is -4.18. The van der Waals surface area contributed by atoms with Gasteiger partial charge in [0, 0.05) is 29.8 Å². The summed E-state index contributed by atoms with van der Waals surface area (Å²) >= 11 is 12.3. The Balaban J connectivity index is 1.28. The maximum Gasteiger partial charge on any atom is 0.239 e. The number of para-hydroxylation sites is 1. The van der Waals surface area contributed by atoms with Crippen LogP contribution in [0.1, 0.15) is 52.0 Å². The van der Waals surface area contributed by atoms with Gasteiger partial charge in [0.2, 0.25) is 15.9 Å². The average molecular weight is 676 g/mol. The fraction of sp³-hybridized carbons (Fsp3) is 0.229. The summed E-state index contributed by atoms with van der Waals surface area (Å²) in [5, 5.41) is 6.81. The van der Waals surface area contributed by atoms with Gasteiger partial charge in [0.05, 0.1) is 40.5 Å². The third-order valence-electron chi connectivity index (χ3n) is 8.18. The van der Waals surface area contributed by atoms with Crippen molar-refractivity contribution in [2.45, 2.75) is 31.6 Å². The number of aliphatic imine (C=N–C) groups is 1. The molecule has 0 radical (unpaired) electrons. The Morgan fingerprint density at radius 3 is 2.41 bits per heavy atom. The van der Waals surface area contributed by atoms with Gasteiger partial charge >= 0.3 is 0 Å². The van der Waals surface area contributed by atoms with Gasteiger partial charge in [-0.1, -0.05) is 83.9 Å². The summed E-state index contributed by atoms with van der Waals surface area (Å²) in [7, 11) is -4.07. The van der Waals surface area contributed by atoms with Gasteiger partial charge in [-0.3, -0.25) is 18.9 Å². The Labute approximate surface area is 278 Å². The number of nitrogens with one attached hydrogen (secondary N) is 2. The molecule has 1 amide bonds. The fourth-order valence-electron chi connectivity index (χ4n) is 5.95. The number of sulfonamides is 1. The van der Waals surface area contributed by atoms with E-state index >= 15 is 0 Å². The molecule has 0 aromatic heterocycles. The minimum absolute atomic E-state index is 0.145.